The van der Waals surface area contributed by atoms with Crippen LogP contribution >= 0.6 is 0 Å². The quantitative estimate of drug-likeness (QED) is 0.647. The number of nitrogens with zero attached hydrogens (tertiary/aromatic N) is 2. The molecular weight excluding hydrogens is 318 g/mol. The zero-order chi connectivity index (χ0) is 17.6. The average Bonchev–Trinajstić information content (AvgIpc) is 2.62. The Morgan fingerprint density at radius 2 is 2.20 bits per heavy atom. The van der Waals surface area contributed by atoms with E-state index >= 15 is 0 Å². The van der Waals surface area contributed by atoms with Crippen LogP contribution in [0.4, 0.5) is 5.69 Å². The molecule has 0 radical (unpaired) electrons. The molecule has 25 heavy (non-hydrogen) atoms. The molecule has 0 bridgehead atoms. The maximum Gasteiger partial charge on any atom is 0.259 e. The fraction of sp³-hybridized carbons (Fsp3) is 0.263. The van der Waals surface area contributed by atoms with Gasteiger partial charge in [0.25, 0.3) is 5.91 Å². The lowest BCUT2D eigenvalue weighted by atomic mass is 10.0. The zero-order valence-corrected chi connectivity index (χ0v) is 14.1. The maximum atomic E-state index is 12.1. The van der Waals surface area contributed by atoms with Crippen molar-refractivity contribution >= 4 is 17.8 Å². The monoisotopic (exact) mass is 339 g/mol. The Labute approximate surface area is 146 Å². The van der Waals surface area contributed by atoms with Crippen molar-refractivity contribution in [1.29, 1.82) is 0 Å². The molecule has 0 aromatic heterocycles. The number of rotatable bonds is 5. The lowest BCUT2D eigenvalue weighted by molar-refractivity contribution is -0.119. The van der Waals surface area contributed by atoms with Crippen LogP contribution in [-0.2, 0) is 11.2 Å². The largest absolute Gasteiger partial charge is 0.504 e. The minimum Gasteiger partial charge on any atom is -0.504 e. The summed E-state index contributed by atoms with van der Waals surface area (Å²) in [5.74, 6) is 0.248. The van der Waals surface area contributed by atoms with Crippen molar-refractivity contribution in [2.24, 2.45) is 5.10 Å². The van der Waals surface area contributed by atoms with Gasteiger partial charge in [0, 0.05) is 12.2 Å². The van der Waals surface area contributed by atoms with Gasteiger partial charge in [0.1, 0.15) is 0 Å². The molecule has 3 rings (SSSR count). The number of para-hydroxylation sites is 1. The van der Waals surface area contributed by atoms with Crippen molar-refractivity contribution in [2.45, 2.75) is 12.8 Å². The first-order chi connectivity index (χ1) is 12.2. The molecule has 1 amide bonds. The summed E-state index contributed by atoms with van der Waals surface area (Å²) in [4.78, 5) is 14.2. The lowest BCUT2D eigenvalue weighted by Gasteiger charge is -2.30. The van der Waals surface area contributed by atoms with Crippen LogP contribution in [0.2, 0.25) is 0 Å². The highest BCUT2D eigenvalue weighted by molar-refractivity contribution is 5.85. The predicted octanol–water partition coefficient (Wildman–Crippen LogP) is 2.30. The third-order valence-electron chi connectivity index (χ3n) is 4.15. The third kappa shape index (κ3) is 4.09. The summed E-state index contributed by atoms with van der Waals surface area (Å²) >= 11 is 0. The van der Waals surface area contributed by atoms with Gasteiger partial charge in [-0.25, -0.2) is 5.43 Å². The molecule has 0 aliphatic carbocycles. The fourth-order valence-electron chi connectivity index (χ4n) is 2.95. The van der Waals surface area contributed by atoms with E-state index in [1.807, 2.05) is 18.2 Å². The minimum absolute atomic E-state index is 0.0303. The van der Waals surface area contributed by atoms with E-state index in [2.05, 4.69) is 21.5 Å². The van der Waals surface area contributed by atoms with Gasteiger partial charge >= 0.3 is 0 Å². The number of hydrogen-bond acceptors (Lipinski definition) is 5. The van der Waals surface area contributed by atoms with Crippen molar-refractivity contribution in [2.75, 3.05) is 25.1 Å². The normalized spacial score (nSPS) is 13.6. The fourth-order valence-corrected chi connectivity index (χ4v) is 2.95. The molecule has 0 saturated heterocycles. The molecule has 0 fully saturated rings. The molecule has 6 nitrogen and oxygen atoms in total. The summed E-state index contributed by atoms with van der Waals surface area (Å²) in [6, 6.07) is 13.1. The molecule has 2 aromatic carbocycles. The van der Waals surface area contributed by atoms with Gasteiger partial charge in [-0.15, -0.1) is 0 Å². The topological polar surface area (TPSA) is 74.2 Å². The number of ether oxygens (including phenoxy) is 1. The number of phenolic OH excluding ortho intramolecular Hbond substituents is 1. The van der Waals surface area contributed by atoms with E-state index in [9.17, 15) is 9.90 Å². The van der Waals surface area contributed by atoms with Crippen molar-refractivity contribution < 1.29 is 14.6 Å². The van der Waals surface area contributed by atoms with Gasteiger partial charge in [0.05, 0.1) is 19.9 Å². The van der Waals surface area contributed by atoms with E-state index in [1.54, 1.807) is 12.1 Å². The van der Waals surface area contributed by atoms with Crippen LogP contribution in [-0.4, -0.2) is 37.4 Å². The predicted molar refractivity (Wildman–Crippen MR) is 97.4 cm³/mol. The molecule has 2 aromatic rings. The van der Waals surface area contributed by atoms with Gasteiger partial charge in [-0.1, -0.05) is 18.2 Å². The summed E-state index contributed by atoms with van der Waals surface area (Å²) < 4.78 is 4.99. The average molecular weight is 339 g/mol. The number of carbonyl (C=O) groups excluding carboxylic acids is 1. The standard InChI is InChI=1S/C19H21N3O3/c1-25-18-9-8-14(11-17(18)23)12-20-21-19(24)13-22-10-4-6-15-5-2-3-7-16(15)22/h2-3,5,7-9,11-12,23H,4,6,10,13H2,1H3,(H,21,24)/b20-12+. The van der Waals surface area contributed by atoms with Crippen molar-refractivity contribution in [3.05, 3.63) is 53.6 Å². The van der Waals surface area contributed by atoms with E-state index in [-0.39, 0.29) is 18.2 Å². The molecule has 1 heterocycles. The van der Waals surface area contributed by atoms with Crippen LogP contribution in [0.1, 0.15) is 17.5 Å². The summed E-state index contributed by atoms with van der Waals surface area (Å²) in [7, 11) is 1.49. The Morgan fingerprint density at radius 1 is 1.36 bits per heavy atom. The summed E-state index contributed by atoms with van der Waals surface area (Å²) in [6.45, 7) is 1.13. The second-order valence-electron chi connectivity index (χ2n) is 5.88. The number of amides is 1. The highest BCUT2D eigenvalue weighted by atomic mass is 16.5. The Bertz CT molecular complexity index is 789. The maximum absolute atomic E-state index is 12.1. The number of carbonyl (C=O) groups is 1. The summed E-state index contributed by atoms with van der Waals surface area (Å²) in [6.07, 6.45) is 3.58. The number of hydrazone groups is 1. The Morgan fingerprint density at radius 3 is 3.00 bits per heavy atom. The molecule has 0 atom stereocenters. The molecule has 6 heteroatoms. The minimum atomic E-state index is -0.175. The van der Waals surface area contributed by atoms with Crippen LogP contribution in [0.5, 0.6) is 11.5 Å². The van der Waals surface area contributed by atoms with Gasteiger partial charge in [-0.3, -0.25) is 4.79 Å². The van der Waals surface area contributed by atoms with Crippen LogP contribution < -0.4 is 15.1 Å². The molecule has 1 aliphatic heterocycles. The highest BCUT2D eigenvalue weighted by Gasteiger charge is 2.18. The molecule has 0 spiro atoms. The Kier molecular flexibility index (Phi) is 5.18. The molecule has 0 unspecified atom stereocenters. The van der Waals surface area contributed by atoms with Gasteiger partial charge in [-0.2, -0.15) is 5.10 Å². The number of anilines is 1. The third-order valence-corrected chi connectivity index (χ3v) is 4.15. The van der Waals surface area contributed by atoms with Crippen LogP contribution in [0.25, 0.3) is 0 Å². The number of aryl methyl sites for hydroxylation is 1. The number of aromatic hydroxyl groups is 1. The number of benzene rings is 2. The molecule has 2 N–H and O–H groups in total. The lowest BCUT2D eigenvalue weighted by Crippen LogP contribution is -2.38. The van der Waals surface area contributed by atoms with E-state index in [0.29, 0.717) is 11.3 Å². The van der Waals surface area contributed by atoms with Gasteiger partial charge in [0.15, 0.2) is 11.5 Å². The molecule has 0 saturated carbocycles. The Hall–Kier alpha value is -3.02. The number of hydrogen-bond donors (Lipinski definition) is 2. The first-order valence-electron chi connectivity index (χ1n) is 8.19. The first-order valence-corrected chi connectivity index (χ1v) is 8.19. The molecule has 1 aliphatic rings. The molecular formula is C19H21N3O3. The van der Waals surface area contributed by atoms with Crippen molar-refractivity contribution in [1.82, 2.24) is 5.43 Å². The van der Waals surface area contributed by atoms with E-state index in [4.69, 9.17) is 4.74 Å². The summed E-state index contributed by atoms with van der Waals surface area (Å²) in [5.41, 5.74) is 5.60. The number of fused-ring (bicyclic) bond motifs is 1. The first kappa shape index (κ1) is 16.8. The smallest absolute Gasteiger partial charge is 0.259 e. The van der Waals surface area contributed by atoms with Gasteiger partial charge in [0.2, 0.25) is 0 Å². The number of phenols is 1. The van der Waals surface area contributed by atoms with E-state index < -0.39 is 0 Å². The van der Waals surface area contributed by atoms with Gasteiger partial charge in [-0.05, 0) is 48.2 Å². The SMILES string of the molecule is COc1ccc(/C=N/NC(=O)CN2CCCc3ccccc32)cc1O. The Balaban J connectivity index is 1.58. The van der Waals surface area contributed by atoms with Crippen LogP contribution in [0.3, 0.4) is 0 Å². The van der Waals surface area contributed by atoms with E-state index in [0.717, 1.165) is 25.1 Å². The highest BCUT2D eigenvalue weighted by Crippen LogP contribution is 2.26. The van der Waals surface area contributed by atoms with E-state index in [1.165, 1.54) is 25.0 Å². The van der Waals surface area contributed by atoms with Crippen molar-refractivity contribution in [3.8, 4) is 11.5 Å². The molecule has 130 valence electrons. The van der Waals surface area contributed by atoms with Crippen LogP contribution in [0.15, 0.2) is 47.6 Å². The number of nitrogens with one attached hydrogen (secondary N) is 1. The second-order valence-corrected chi connectivity index (χ2v) is 5.88. The zero-order valence-electron chi connectivity index (χ0n) is 14.1. The summed E-state index contributed by atoms with van der Waals surface area (Å²) in [5, 5.41) is 13.7. The van der Waals surface area contributed by atoms with Crippen LogP contribution in [0, 0.1) is 0 Å². The second kappa shape index (κ2) is 7.70. The van der Waals surface area contributed by atoms with Gasteiger partial charge < -0.3 is 14.7 Å². The van der Waals surface area contributed by atoms with Crippen molar-refractivity contribution in [3.63, 3.8) is 0 Å². The number of methoxy groups -OCH3 is 1.